The first kappa shape index (κ1) is 22.4. The van der Waals surface area contributed by atoms with Crippen molar-refractivity contribution in [3.8, 4) is 17.2 Å². The second-order valence-corrected chi connectivity index (χ2v) is 8.60. The summed E-state index contributed by atoms with van der Waals surface area (Å²) < 4.78 is 22.4. The molecule has 2 saturated heterocycles. The van der Waals surface area contributed by atoms with Gasteiger partial charge in [0.2, 0.25) is 5.78 Å². The molecule has 178 valence electrons. The third-order valence-electron chi connectivity index (χ3n) is 6.47. The number of nitrogens with zero attached hydrogens (tertiary/aromatic N) is 1. The number of carbonyl (C=O) groups excluding carboxylic acids is 3. The molecule has 3 unspecified atom stereocenters. The van der Waals surface area contributed by atoms with Gasteiger partial charge in [0.25, 0.3) is 5.91 Å². The van der Waals surface area contributed by atoms with E-state index >= 15 is 0 Å². The Kier molecular flexibility index (Phi) is 6.24. The van der Waals surface area contributed by atoms with E-state index in [4.69, 9.17) is 18.9 Å². The molecule has 2 aromatic carbocycles. The molecule has 1 amide bonds. The molecule has 8 heteroatoms. The van der Waals surface area contributed by atoms with Crippen molar-refractivity contribution in [2.45, 2.75) is 31.9 Å². The average molecular weight is 466 g/mol. The van der Waals surface area contributed by atoms with Crippen molar-refractivity contribution in [1.82, 2.24) is 4.90 Å². The molecule has 0 aliphatic carbocycles. The zero-order chi connectivity index (χ0) is 23.7. The first-order valence-corrected chi connectivity index (χ1v) is 11.7. The normalized spacial score (nSPS) is 23.9. The minimum atomic E-state index is -1.16. The minimum Gasteiger partial charge on any atom is -0.494 e. The average Bonchev–Trinajstić information content (AvgIpc) is 3.46. The van der Waals surface area contributed by atoms with Gasteiger partial charge in [-0.1, -0.05) is 12.1 Å². The molecule has 3 aliphatic heterocycles. The Morgan fingerprint density at radius 3 is 2.50 bits per heavy atom. The van der Waals surface area contributed by atoms with Gasteiger partial charge in [0.05, 0.1) is 18.8 Å². The van der Waals surface area contributed by atoms with E-state index in [1.54, 1.807) is 30.3 Å². The van der Waals surface area contributed by atoms with Crippen molar-refractivity contribution in [3.05, 3.63) is 53.6 Å². The van der Waals surface area contributed by atoms with Gasteiger partial charge >= 0.3 is 0 Å². The quantitative estimate of drug-likeness (QED) is 0.353. The Morgan fingerprint density at radius 2 is 1.79 bits per heavy atom. The maximum atomic E-state index is 13.7. The maximum Gasteiger partial charge on any atom is 0.291 e. The van der Waals surface area contributed by atoms with Crippen LogP contribution in [-0.4, -0.2) is 61.4 Å². The van der Waals surface area contributed by atoms with E-state index in [1.807, 2.05) is 19.1 Å². The third-order valence-corrected chi connectivity index (χ3v) is 6.47. The van der Waals surface area contributed by atoms with Gasteiger partial charge < -0.3 is 23.8 Å². The number of rotatable bonds is 7. The molecule has 0 spiro atoms. The summed E-state index contributed by atoms with van der Waals surface area (Å²) >= 11 is 0. The third kappa shape index (κ3) is 4.14. The number of Topliss-reactive ketones (excluding diaryl/α,β-unsaturated/α-hetero) is 2. The predicted molar refractivity (Wildman–Crippen MR) is 121 cm³/mol. The number of hydrogen-bond donors (Lipinski definition) is 0. The van der Waals surface area contributed by atoms with E-state index in [0.29, 0.717) is 54.8 Å². The van der Waals surface area contributed by atoms with E-state index in [-0.39, 0.29) is 12.6 Å². The lowest BCUT2D eigenvalue weighted by molar-refractivity contribution is -0.141. The fourth-order valence-electron chi connectivity index (χ4n) is 4.87. The number of carbonyl (C=O) groups is 3. The molecule has 34 heavy (non-hydrogen) atoms. The van der Waals surface area contributed by atoms with Crippen molar-refractivity contribution >= 4 is 17.5 Å². The number of hydrogen-bond acceptors (Lipinski definition) is 7. The van der Waals surface area contributed by atoms with E-state index in [0.717, 1.165) is 12.8 Å². The number of ether oxygens (including phenoxy) is 4. The summed E-state index contributed by atoms with van der Waals surface area (Å²) in [5.74, 6) is -1.22. The van der Waals surface area contributed by atoms with E-state index < -0.39 is 29.4 Å². The van der Waals surface area contributed by atoms with Gasteiger partial charge in [0.15, 0.2) is 17.3 Å². The highest BCUT2D eigenvalue weighted by atomic mass is 16.6. The summed E-state index contributed by atoms with van der Waals surface area (Å²) in [5.41, 5.74) is 1.02. The Hall–Kier alpha value is -3.39. The predicted octanol–water partition coefficient (Wildman–Crippen LogP) is 2.99. The highest BCUT2D eigenvalue weighted by Gasteiger charge is 2.52. The molecular formula is C26H27NO7. The smallest absolute Gasteiger partial charge is 0.291 e. The van der Waals surface area contributed by atoms with Crippen LogP contribution in [0.25, 0.3) is 0 Å². The molecule has 5 rings (SSSR count). The van der Waals surface area contributed by atoms with Gasteiger partial charge in [-0.3, -0.25) is 14.4 Å². The molecule has 2 aromatic rings. The summed E-state index contributed by atoms with van der Waals surface area (Å²) in [6.45, 7) is 4.15. The summed E-state index contributed by atoms with van der Waals surface area (Å²) in [5, 5.41) is 0. The Balaban J connectivity index is 1.50. The van der Waals surface area contributed by atoms with Crippen LogP contribution in [0.3, 0.4) is 0 Å². The molecule has 0 bridgehead atoms. The standard InChI is InChI=1S/C26H27NO7/c1-2-31-18-8-5-16(6-9-18)23-22(25(29)26(30)27(23)15-19-4-3-11-32-19)24(28)17-7-10-20-21(14-17)34-13-12-33-20/h5-10,14,19,22-23H,2-4,11-13,15H2,1H3. The van der Waals surface area contributed by atoms with Crippen molar-refractivity contribution in [3.63, 3.8) is 0 Å². The highest BCUT2D eigenvalue weighted by molar-refractivity contribution is 6.44. The van der Waals surface area contributed by atoms with Crippen molar-refractivity contribution in [2.24, 2.45) is 5.92 Å². The molecular weight excluding hydrogens is 438 g/mol. The Labute approximate surface area is 197 Å². The van der Waals surface area contributed by atoms with E-state index in [2.05, 4.69) is 0 Å². The van der Waals surface area contributed by atoms with Crippen LogP contribution in [0.1, 0.15) is 41.7 Å². The van der Waals surface area contributed by atoms with Crippen LogP contribution < -0.4 is 14.2 Å². The van der Waals surface area contributed by atoms with E-state index in [1.165, 1.54) is 4.90 Å². The molecule has 0 saturated carbocycles. The lowest BCUT2D eigenvalue weighted by Crippen LogP contribution is -2.37. The van der Waals surface area contributed by atoms with E-state index in [9.17, 15) is 14.4 Å². The molecule has 3 atom stereocenters. The second-order valence-electron chi connectivity index (χ2n) is 8.60. The van der Waals surface area contributed by atoms with Gasteiger partial charge in [-0.2, -0.15) is 0 Å². The largest absolute Gasteiger partial charge is 0.494 e. The lowest BCUT2D eigenvalue weighted by atomic mass is 9.86. The van der Waals surface area contributed by atoms with Gasteiger partial charge in [-0.25, -0.2) is 0 Å². The molecule has 0 N–H and O–H groups in total. The van der Waals surface area contributed by atoms with Crippen LogP contribution in [0.5, 0.6) is 17.2 Å². The van der Waals surface area contributed by atoms with Gasteiger partial charge in [-0.05, 0) is 55.7 Å². The number of amides is 1. The molecule has 8 nitrogen and oxygen atoms in total. The monoisotopic (exact) mass is 465 g/mol. The summed E-state index contributed by atoms with van der Waals surface area (Å²) in [6.07, 6.45) is 1.58. The molecule has 0 radical (unpaired) electrons. The fourth-order valence-corrected chi connectivity index (χ4v) is 4.87. The van der Waals surface area contributed by atoms with Crippen LogP contribution >= 0.6 is 0 Å². The first-order chi connectivity index (χ1) is 16.6. The highest BCUT2D eigenvalue weighted by Crippen LogP contribution is 2.40. The molecule has 2 fully saturated rings. The lowest BCUT2D eigenvalue weighted by Gasteiger charge is -2.29. The number of fused-ring (bicyclic) bond motifs is 1. The van der Waals surface area contributed by atoms with Crippen LogP contribution in [0, 0.1) is 5.92 Å². The number of likely N-dealkylation sites (tertiary alicyclic amines) is 1. The second kappa shape index (κ2) is 9.46. The van der Waals surface area contributed by atoms with Crippen LogP contribution in [-0.2, 0) is 14.3 Å². The van der Waals surface area contributed by atoms with Crippen LogP contribution in [0.15, 0.2) is 42.5 Å². The zero-order valence-electron chi connectivity index (χ0n) is 19.0. The first-order valence-electron chi connectivity index (χ1n) is 11.7. The van der Waals surface area contributed by atoms with Gasteiger partial charge in [0, 0.05) is 18.7 Å². The Bertz CT molecular complexity index is 1090. The fraction of sp³-hybridized carbons (Fsp3) is 0.423. The van der Waals surface area contributed by atoms with Crippen molar-refractivity contribution in [2.75, 3.05) is 33.0 Å². The van der Waals surface area contributed by atoms with Crippen molar-refractivity contribution < 1.29 is 33.3 Å². The Morgan fingerprint density at radius 1 is 1.03 bits per heavy atom. The minimum absolute atomic E-state index is 0.148. The molecule has 3 aliphatic rings. The van der Waals surface area contributed by atoms with Crippen LogP contribution in [0.4, 0.5) is 0 Å². The molecule has 3 heterocycles. The summed E-state index contributed by atoms with van der Waals surface area (Å²) in [6, 6.07) is 11.4. The zero-order valence-corrected chi connectivity index (χ0v) is 19.0. The topological polar surface area (TPSA) is 91.4 Å². The van der Waals surface area contributed by atoms with Gasteiger partial charge in [0.1, 0.15) is 24.9 Å². The SMILES string of the molecule is CCOc1ccc(C2C(C(=O)c3ccc4c(c3)OCCO4)C(=O)C(=O)N2CC2CCCO2)cc1. The van der Waals surface area contributed by atoms with Gasteiger partial charge in [-0.15, -0.1) is 0 Å². The number of benzene rings is 2. The van der Waals surface area contributed by atoms with Crippen molar-refractivity contribution in [1.29, 1.82) is 0 Å². The number of ketones is 2. The maximum absolute atomic E-state index is 13.7. The van der Waals surface area contributed by atoms with Crippen LogP contribution in [0.2, 0.25) is 0 Å². The summed E-state index contributed by atoms with van der Waals surface area (Å²) in [4.78, 5) is 41.5. The summed E-state index contributed by atoms with van der Waals surface area (Å²) in [7, 11) is 0. The molecule has 0 aromatic heterocycles.